The molecule has 0 radical (unpaired) electrons. The minimum Gasteiger partial charge on any atom is -0.399 e. The smallest absolute Gasteiger partial charge is 0.147 e. The van der Waals surface area contributed by atoms with Gasteiger partial charge in [-0.15, -0.1) is 0 Å². The standard InChI is InChI=1S/C6H6ClNOS/c7-10(9)6-3-1-5(8)2-4-6/h1-4H,8H2. The summed E-state index contributed by atoms with van der Waals surface area (Å²) in [5.41, 5.74) is 6.03. The molecule has 0 aliphatic rings. The van der Waals surface area contributed by atoms with Gasteiger partial charge < -0.3 is 5.73 Å². The molecule has 0 fully saturated rings. The zero-order chi connectivity index (χ0) is 7.56. The molecule has 10 heavy (non-hydrogen) atoms. The number of hydrogen-bond donors (Lipinski definition) is 1. The Morgan fingerprint density at radius 3 is 2.20 bits per heavy atom. The third kappa shape index (κ3) is 1.72. The van der Waals surface area contributed by atoms with E-state index in [0.717, 1.165) is 0 Å². The number of rotatable bonds is 1. The van der Waals surface area contributed by atoms with E-state index in [1.807, 2.05) is 0 Å². The summed E-state index contributed by atoms with van der Waals surface area (Å²) in [6.07, 6.45) is 0. The van der Waals surface area contributed by atoms with E-state index in [2.05, 4.69) is 0 Å². The van der Waals surface area contributed by atoms with Gasteiger partial charge >= 0.3 is 0 Å². The summed E-state index contributed by atoms with van der Waals surface area (Å²) >= 11 is 0. The maximum Gasteiger partial charge on any atom is 0.147 e. The van der Waals surface area contributed by atoms with Gasteiger partial charge in [0.1, 0.15) is 10.0 Å². The highest BCUT2D eigenvalue weighted by molar-refractivity contribution is 8.08. The highest BCUT2D eigenvalue weighted by Gasteiger charge is 1.96. The Morgan fingerprint density at radius 2 is 1.80 bits per heavy atom. The molecule has 2 N–H and O–H groups in total. The molecule has 0 amide bonds. The first-order valence-electron chi connectivity index (χ1n) is 2.64. The summed E-state index contributed by atoms with van der Waals surface area (Å²) in [7, 11) is 3.87. The monoisotopic (exact) mass is 175 g/mol. The van der Waals surface area contributed by atoms with Crippen LogP contribution in [0.4, 0.5) is 5.69 Å². The van der Waals surface area contributed by atoms with Crippen molar-refractivity contribution in [2.75, 3.05) is 5.73 Å². The molecule has 1 aromatic carbocycles. The third-order valence-corrected chi connectivity index (χ3v) is 2.24. The molecule has 1 aromatic rings. The zero-order valence-corrected chi connectivity index (χ0v) is 6.65. The zero-order valence-electron chi connectivity index (χ0n) is 5.08. The fourth-order valence-electron chi connectivity index (χ4n) is 0.575. The Balaban J connectivity index is 3.00. The van der Waals surface area contributed by atoms with Crippen molar-refractivity contribution in [1.29, 1.82) is 0 Å². The van der Waals surface area contributed by atoms with E-state index >= 15 is 0 Å². The lowest BCUT2D eigenvalue weighted by molar-refractivity contribution is 0.691. The Labute approximate surface area is 66.0 Å². The normalized spacial score (nSPS) is 12.9. The van der Waals surface area contributed by atoms with Crippen LogP contribution in [0.5, 0.6) is 0 Å². The third-order valence-electron chi connectivity index (χ3n) is 1.07. The van der Waals surface area contributed by atoms with Crippen molar-refractivity contribution in [2.24, 2.45) is 0 Å². The van der Waals surface area contributed by atoms with E-state index in [4.69, 9.17) is 16.4 Å². The van der Waals surface area contributed by atoms with Crippen LogP contribution in [0.3, 0.4) is 0 Å². The molecule has 4 heteroatoms. The Morgan fingerprint density at radius 1 is 1.30 bits per heavy atom. The molecular formula is C6H6ClNOS. The molecule has 54 valence electrons. The first-order valence-corrected chi connectivity index (χ1v) is 4.61. The molecule has 0 aliphatic carbocycles. The fraction of sp³-hybridized carbons (Fsp3) is 0. The number of benzene rings is 1. The number of hydrogen-bond acceptors (Lipinski definition) is 2. The van der Waals surface area contributed by atoms with Crippen molar-refractivity contribution in [2.45, 2.75) is 4.90 Å². The van der Waals surface area contributed by atoms with Crippen molar-refractivity contribution >= 4 is 26.4 Å². The molecule has 1 unspecified atom stereocenters. The predicted molar refractivity (Wildman–Crippen MR) is 43.1 cm³/mol. The van der Waals surface area contributed by atoms with Crippen LogP contribution >= 0.6 is 10.7 Å². The van der Waals surface area contributed by atoms with E-state index in [9.17, 15) is 4.21 Å². The Kier molecular flexibility index (Phi) is 2.29. The SMILES string of the molecule is Nc1ccc(S(=O)Cl)cc1. The Bertz CT molecular complexity index is 246. The van der Waals surface area contributed by atoms with Gasteiger partial charge in [-0.25, -0.2) is 4.21 Å². The van der Waals surface area contributed by atoms with E-state index in [0.29, 0.717) is 10.6 Å². The lowest BCUT2D eigenvalue weighted by Crippen LogP contribution is -1.85. The highest BCUT2D eigenvalue weighted by atomic mass is 35.7. The van der Waals surface area contributed by atoms with Crippen molar-refractivity contribution in [3.8, 4) is 0 Å². The van der Waals surface area contributed by atoms with Gasteiger partial charge in [-0.05, 0) is 34.9 Å². The topological polar surface area (TPSA) is 43.1 Å². The van der Waals surface area contributed by atoms with Gasteiger partial charge in [0.25, 0.3) is 0 Å². The average molecular weight is 176 g/mol. The largest absolute Gasteiger partial charge is 0.399 e. The van der Waals surface area contributed by atoms with Gasteiger partial charge in [-0.2, -0.15) is 0 Å². The van der Waals surface area contributed by atoms with E-state index in [-0.39, 0.29) is 0 Å². The van der Waals surface area contributed by atoms with Gasteiger partial charge in [-0.1, -0.05) is 0 Å². The van der Waals surface area contributed by atoms with Crippen LogP contribution in [0.25, 0.3) is 0 Å². The lowest BCUT2D eigenvalue weighted by atomic mass is 10.3. The molecule has 0 bridgehead atoms. The van der Waals surface area contributed by atoms with E-state index in [1.54, 1.807) is 24.3 Å². The van der Waals surface area contributed by atoms with Gasteiger partial charge in [0.2, 0.25) is 0 Å². The number of halogens is 1. The highest BCUT2D eigenvalue weighted by Crippen LogP contribution is 2.11. The van der Waals surface area contributed by atoms with Gasteiger partial charge in [0.05, 0.1) is 4.90 Å². The summed E-state index contributed by atoms with van der Waals surface area (Å²) < 4.78 is 10.6. The molecule has 1 atom stereocenters. The average Bonchev–Trinajstić information content (AvgIpc) is 1.88. The van der Waals surface area contributed by atoms with Crippen molar-refractivity contribution < 1.29 is 4.21 Å². The molecular weight excluding hydrogens is 170 g/mol. The first kappa shape index (κ1) is 7.57. The Hall–Kier alpha value is -0.540. The van der Waals surface area contributed by atoms with Gasteiger partial charge in [0, 0.05) is 5.69 Å². The van der Waals surface area contributed by atoms with Gasteiger partial charge in [-0.3, -0.25) is 0 Å². The second-order valence-corrected chi connectivity index (χ2v) is 3.55. The molecule has 0 aromatic heterocycles. The minimum absolute atomic E-state index is 0.580. The number of nitrogen functional groups attached to an aromatic ring is 1. The first-order chi connectivity index (χ1) is 4.70. The van der Waals surface area contributed by atoms with Crippen LogP contribution in [0.2, 0.25) is 0 Å². The van der Waals surface area contributed by atoms with E-state index < -0.39 is 10.0 Å². The van der Waals surface area contributed by atoms with Crippen molar-refractivity contribution in [3.63, 3.8) is 0 Å². The quantitative estimate of drug-likeness (QED) is 0.520. The molecule has 1 rings (SSSR count). The van der Waals surface area contributed by atoms with Crippen LogP contribution < -0.4 is 5.73 Å². The maximum absolute atomic E-state index is 10.6. The van der Waals surface area contributed by atoms with Crippen LogP contribution in [0.15, 0.2) is 29.2 Å². The molecule has 2 nitrogen and oxygen atoms in total. The molecule has 0 heterocycles. The summed E-state index contributed by atoms with van der Waals surface area (Å²) in [5.74, 6) is 0. The molecule has 0 saturated heterocycles. The van der Waals surface area contributed by atoms with Gasteiger partial charge in [0.15, 0.2) is 0 Å². The van der Waals surface area contributed by atoms with Crippen molar-refractivity contribution in [1.82, 2.24) is 0 Å². The van der Waals surface area contributed by atoms with Crippen molar-refractivity contribution in [3.05, 3.63) is 24.3 Å². The summed E-state index contributed by atoms with van der Waals surface area (Å²) in [4.78, 5) is 0.580. The number of nitrogens with two attached hydrogens (primary N) is 1. The fourth-order valence-corrected chi connectivity index (χ4v) is 1.23. The summed E-state index contributed by atoms with van der Waals surface area (Å²) in [6, 6.07) is 6.60. The predicted octanol–water partition coefficient (Wildman–Crippen LogP) is 1.53. The summed E-state index contributed by atoms with van der Waals surface area (Å²) in [5, 5.41) is 0. The second-order valence-electron chi connectivity index (χ2n) is 1.79. The summed E-state index contributed by atoms with van der Waals surface area (Å²) in [6.45, 7) is 0. The van der Waals surface area contributed by atoms with Crippen LogP contribution in [0.1, 0.15) is 0 Å². The van der Waals surface area contributed by atoms with Crippen LogP contribution in [-0.2, 0) is 10.0 Å². The number of anilines is 1. The molecule has 0 saturated carbocycles. The molecule has 0 aliphatic heterocycles. The molecule has 0 spiro atoms. The second kappa shape index (κ2) is 3.03. The minimum atomic E-state index is -1.42. The van der Waals surface area contributed by atoms with E-state index in [1.165, 1.54) is 0 Å². The maximum atomic E-state index is 10.6. The lowest BCUT2D eigenvalue weighted by Gasteiger charge is -1.93. The van der Waals surface area contributed by atoms with Crippen LogP contribution in [0, 0.1) is 0 Å². The van der Waals surface area contributed by atoms with Crippen LogP contribution in [-0.4, -0.2) is 4.21 Å².